The number of amides is 1. The van der Waals surface area contributed by atoms with Gasteiger partial charge in [0.05, 0.1) is 17.9 Å². The minimum Gasteiger partial charge on any atom is -0.455 e. The maximum Gasteiger partial charge on any atom is 0.289 e. The van der Waals surface area contributed by atoms with Gasteiger partial charge in [-0.25, -0.2) is 9.67 Å². The minimum absolute atomic E-state index is 0.0628. The lowest BCUT2D eigenvalue weighted by molar-refractivity contribution is 0.0304. The second kappa shape index (κ2) is 8.28. The van der Waals surface area contributed by atoms with Crippen LogP contribution in [0.2, 0.25) is 0 Å². The van der Waals surface area contributed by atoms with E-state index in [-0.39, 0.29) is 11.9 Å². The van der Waals surface area contributed by atoms with Gasteiger partial charge in [0.25, 0.3) is 5.91 Å². The molecule has 1 aliphatic heterocycles. The van der Waals surface area contributed by atoms with Crippen molar-refractivity contribution in [3.63, 3.8) is 0 Å². The molecular weight excluding hydrogens is 400 g/mol. The van der Waals surface area contributed by atoms with Crippen LogP contribution in [0.15, 0.2) is 64.4 Å². The first-order chi connectivity index (χ1) is 14.7. The molecule has 156 valence electrons. The molecule has 0 radical (unpaired) electrons. The summed E-state index contributed by atoms with van der Waals surface area (Å²) in [7, 11) is 0. The Balaban J connectivity index is 1.21. The van der Waals surface area contributed by atoms with E-state index in [2.05, 4.69) is 22.2 Å². The average molecular weight is 425 g/mol. The highest BCUT2D eigenvalue weighted by Gasteiger charge is 2.44. The van der Waals surface area contributed by atoms with Crippen molar-refractivity contribution in [2.75, 3.05) is 13.1 Å². The van der Waals surface area contributed by atoms with E-state index in [1.165, 1.54) is 11.2 Å². The Labute approximate surface area is 179 Å². The Morgan fingerprint density at radius 2 is 1.93 bits per heavy atom. The second-order valence-corrected chi connectivity index (χ2v) is 9.13. The zero-order chi connectivity index (χ0) is 20.5. The molecule has 8 heteroatoms. The van der Waals surface area contributed by atoms with Crippen LogP contribution in [0.5, 0.6) is 0 Å². The molecule has 0 bridgehead atoms. The first-order valence-corrected chi connectivity index (χ1v) is 11.2. The number of furan rings is 1. The number of likely N-dealkylation sites (tertiary alicyclic amines) is 1. The van der Waals surface area contributed by atoms with Crippen LogP contribution >= 0.6 is 11.8 Å². The molecule has 7 nitrogen and oxygen atoms in total. The summed E-state index contributed by atoms with van der Waals surface area (Å²) in [5.74, 6) is 2.48. The van der Waals surface area contributed by atoms with Gasteiger partial charge in [-0.05, 0) is 48.9 Å². The van der Waals surface area contributed by atoms with Crippen molar-refractivity contribution in [2.24, 2.45) is 11.8 Å². The molecular formula is C22H24N4O3S. The van der Waals surface area contributed by atoms with E-state index >= 15 is 0 Å². The minimum atomic E-state index is -0.465. The molecule has 1 amide bonds. The predicted molar refractivity (Wildman–Crippen MR) is 112 cm³/mol. The summed E-state index contributed by atoms with van der Waals surface area (Å²) in [6, 6.07) is 13.7. The van der Waals surface area contributed by atoms with Crippen LogP contribution in [0, 0.1) is 11.8 Å². The smallest absolute Gasteiger partial charge is 0.289 e. The van der Waals surface area contributed by atoms with Gasteiger partial charge in [0.15, 0.2) is 5.76 Å². The third-order valence-corrected chi connectivity index (χ3v) is 7.20. The molecule has 1 saturated heterocycles. The number of nitrogens with zero attached hydrogens (tertiary/aromatic N) is 4. The van der Waals surface area contributed by atoms with Gasteiger partial charge in [-0.2, -0.15) is 5.10 Å². The van der Waals surface area contributed by atoms with Gasteiger partial charge in [0, 0.05) is 18.0 Å². The molecule has 0 unspecified atom stereocenters. The quantitative estimate of drug-likeness (QED) is 0.633. The molecule has 1 saturated carbocycles. The average Bonchev–Trinajstić information content (AvgIpc) is 3.52. The van der Waals surface area contributed by atoms with E-state index in [9.17, 15) is 9.90 Å². The molecule has 1 N–H and O–H groups in total. The zero-order valence-corrected chi connectivity index (χ0v) is 17.3. The number of carbonyl (C=O) groups is 1. The maximum atomic E-state index is 13.0. The number of aliphatic hydroxyl groups excluding tert-OH is 1. The molecule has 4 atom stereocenters. The van der Waals surface area contributed by atoms with Gasteiger partial charge in [-0.3, -0.25) is 4.79 Å². The lowest BCUT2D eigenvalue weighted by atomic mass is 9.77. The lowest BCUT2D eigenvalue weighted by Crippen LogP contribution is -2.36. The van der Waals surface area contributed by atoms with Gasteiger partial charge >= 0.3 is 0 Å². The van der Waals surface area contributed by atoms with E-state index < -0.39 is 6.10 Å². The number of aliphatic hydroxyl groups is 1. The number of benzene rings is 1. The van der Waals surface area contributed by atoms with Gasteiger partial charge in [-0.1, -0.05) is 18.2 Å². The molecule has 30 heavy (non-hydrogen) atoms. The molecule has 3 aromatic rings. The Kier molecular flexibility index (Phi) is 5.35. The molecule has 3 heterocycles. The highest BCUT2D eigenvalue weighted by atomic mass is 32.2. The lowest BCUT2D eigenvalue weighted by Gasteiger charge is -2.34. The number of hydrogen-bond donors (Lipinski definition) is 1. The Morgan fingerprint density at radius 1 is 1.13 bits per heavy atom. The van der Waals surface area contributed by atoms with Crippen molar-refractivity contribution in [3.8, 4) is 0 Å². The van der Waals surface area contributed by atoms with Crippen LogP contribution in [0.1, 0.15) is 35.2 Å². The van der Waals surface area contributed by atoms with Crippen LogP contribution < -0.4 is 0 Å². The molecule has 2 fully saturated rings. The summed E-state index contributed by atoms with van der Waals surface area (Å²) in [5.41, 5.74) is 0. The number of aromatic nitrogens is 3. The van der Waals surface area contributed by atoms with Crippen molar-refractivity contribution in [2.45, 2.75) is 35.6 Å². The van der Waals surface area contributed by atoms with Crippen LogP contribution in [-0.4, -0.2) is 49.9 Å². The zero-order valence-electron chi connectivity index (χ0n) is 16.5. The number of carbonyl (C=O) groups excluding carboxylic acids is 1. The molecule has 2 aromatic heterocycles. The van der Waals surface area contributed by atoms with Crippen molar-refractivity contribution in [1.29, 1.82) is 0 Å². The first-order valence-electron chi connectivity index (χ1n) is 10.3. The van der Waals surface area contributed by atoms with Gasteiger partial charge in [0.1, 0.15) is 18.4 Å². The molecule has 1 aromatic carbocycles. The monoisotopic (exact) mass is 424 g/mol. The Bertz CT molecular complexity index is 991. The van der Waals surface area contributed by atoms with E-state index in [0.717, 1.165) is 12.2 Å². The Morgan fingerprint density at radius 3 is 2.70 bits per heavy atom. The molecule has 5 rings (SSSR count). The van der Waals surface area contributed by atoms with E-state index in [4.69, 9.17) is 4.42 Å². The van der Waals surface area contributed by atoms with Crippen molar-refractivity contribution >= 4 is 17.7 Å². The third-order valence-electron chi connectivity index (χ3n) is 6.17. The van der Waals surface area contributed by atoms with Crippen LogP contribution in [-0.2, 0) is 5.75 Å². The molecule has 2 aliphatic rings. The third kappa shape index (κ3) is 3.89. The molecule has 0 spiro atoms. The number of fused-ring (bicyclic) bond motifs is 1. The first kappa shape index (κ1) is 19.4. The largest absolute Gasteiger partial charge is 0.455 e. The highest BCUT2D eigenvalue weighted by Crippen LogP contribution is 2.41. The Hall–Kier alpha value is -2.58. The van der Waals surface area contributed by atoms with Crippen LogP contribution in [0.3, 0.4) is 0 Å². The molecule has 1 aliphatic carbocycles. The second-order valence-electron chi connectivity index (χ2n) is 8.08. The summed E-state index contributed by atoms with van der Waals surface area (Å²) in [5, 5.41) is 14.8. The fraction of sp³-hybridized carbons (Fsp3) is 0.409. The van der Waals surface area contributed by atoms with E-state index in [1.54, 1.807) is 28.8 Å². The summed E-state index contributed by atoms with van der Waals surface area (Å²) in [6.45, 7) is 1.36. The van der Waals surface area contributed by atoms with Crippen molar-refractivity contribution in [1.82, 2.24) is 19.7 Å². The number of rotatable bonds is 5. The number of thioether (sulfide) groups is 1. The van der Waals surface area contributed by atoms with E-state index in [0.29, 0.717) is 42.9 Å². The normalized spacial score (nSPS) is 26.0. The fourth-order valence-corrected chi connectivity index (χ4v) is 5.46. The summed E-state index contributed by atoms with van der Waals surface area (Å²) < 4.78 is 7.59. The predicted octanol–water partition coefficient (Wildman–Crippen LogP) is 3.25. The topological polar surface area (TPSA) is 84.4 Å². The van der Waals surface area contributed by atoms with Crippen molar-refractivity contribution < 1.29 is 14.3 Å². The van der Waals surface area contributed by atoms with Crippen LogP contribution in [0.25, 0.3) is 0 Å². The number of hydrogen-bond acceptors (Lipinski definition) is 6. The summed E-state index contributed by atoms with van der Waals surface area (Å²) in [4.78, 5) is 20.0. The van der Waals surface area contributed by atoms with Crippen molar-refractivity contribution in [3.05, 3.63) is 66.6 Å². The maximum absolute atomic E-state index is 13.0. The standard InChI is InChI=1S/C22H24N4O3S/c27-20-9-16-11-25(10-15(16)8-19(20)26-14-23-13-24-26)22(28)21-7-6-17(29-21)12-30-18-4-2-1-3-5-18/h1-7,13-16,19-20,27H,8-12H2/t15-,16+,19-,20-/m1/s1. The highest BCUT2D eigenvalue weighted by molar-refractivity contribution is 7.98. The fourth-order valence-electron chi connectivity index (χ4n) is 4.64. The van der Waals surface area contributed by atoms with E-state index in [1.807, 2.05) is 29.2 Å². The SMILES string of the molecule is O=C(c1ccc(CSc2ccccc2)o1)N1C[C@H]2C[C@@H](n3cncn3)[C@H](O)C[C@H]2C1. The summed E-state index contributed by atoms with van der Waals surface area (Å²) in [6.07, 6.45) is 4.16. The van der Waals surface area contributed by atoms with Gasteiger partial charge in [-0.15, -0.1) is 11.8 Å². The van der Waals surface area contributed by atoms with Gasteiger partial charge in [0.2, 0.25) is 0 Å². The summed E-state index contributed by atoms with van der Waals surface area (Å²) >= 11 is 1.69. The van der Waals surface area contributed by atoms with Crippen LogP contribution in [0.4, 0.5) is 0 Å². The van der Waals surface area contributed by atoms with Gasteiger partial charge < -0.3 is 14.4 Å².